The van der Waals surface area contributed by atoms with Crippen LogP contribution < -0.4 is 5.73 Å². The van der Waals surface area contributed by atoms with Gasteiger partial charge in [-0.15, -0.1) is 12.4 Å². The molecule has 1 fully saturated rings. The number of carbonyl (C=O) groups is 1. The minimum atomic E-state index is -0.0729. The first-order valence-corrected chi connectivity index (χ1v) is 7.72. The molecule has 2 aromatic rings. The fourth-order valence-electron chi connectivity index (χ4n) is 2.90. The zero-order chi connectivity index (χ0) is 15.5. The van der Waals surface area contributed by atoms with E-state index in [9.17, 15) is 4.79 Å². The number of hydrogen-bond acceptors (Lipinski definition) is 4. The number of benzene rings is 1. The first kappa shape index (κ1) is 17.5. The van der Waals surface area contributed by atoms with Crippen LogP contribution in [-0.4, -0.2) is 35.1 Å². The molecule has 2 heterocycles. The van der Waals surface area contributed by atoms with Crippen molar-refractivity contribution in [3.05, 3.63) is 42.1 Å². The maximum absolute atomic E-state index is 12.6. The van der Waals surface area contributed by atoms with Gasteiger partial charge in [-0.3, -0.25) is 4.79 Å². The second-order valence-electron chi connectivity index (χ2n) is 5.96. The first-order chi connectivity index (χ1) is 10.6. The minimum Gasteiger partial charge on any atom is -0.355 e. The zero-order valence-electron chi connectivity index (χ0n) is 13.1. The van der Waals surface area contributed by atoms with Crippen LogP contribution in [0.4, 0.5) is 0 Å². The summed E-state index contributed by atoms with van der Waals surface area (Å²) in [6.07, 6.45) is 2.07. The summed E-state index contributed by atoms with van der Waals surface area (Å²) < 4.78 is 5.31. The average Bonchev–Trinajstić information content (AvgIpc) is 3.05. The number of rotatable bonds is 3. The Balaban J connectivity index is 0.00000192. The molecule has 2 unspecified atom stereocenters. The van der Waals surface area contributed by atoms with Crippen molar-refractivity contribution in [1.29, 1.82) is 0 Å². The third kappa shape index (κ3) is 3.92. The molecule has 2 N–H and O–H groups in total. The van der Waals surface area contributed by atoms with Crippen LogP contribution >= 0.6 is 12.4 Å². The Morgan fingerprint density at radius 1 is 1.39 bits per heavy atom. The monoisotopic (exact) mass is 335 g/mol. The first-order valence-electron chi connectivity index (χ1n) is 7.72. The van der Waals surface area contributed by atoms with Gasteiger partial charge in [0.15, 0.2) is 11.5 Å². The van der Waals surface area contributed by atoms with Crippen molar-refractivity contribution in [3.63, 3.8) is 0 Å². The molecule has 2 atom stereocenters. The van der Waals surface area contributed by atoms with Crippen LogP contribution in [0.3, 0.4) is 0 Å². The molecule has 5 nitrogen and oxygen atoms in total. The third-order valence-corrected chi connectivity index (χ3v) is 4.28. The highest BCUT2D eigenvalue weighted by atomic mass is 35.5. The van der Waals surface area contributed by atoms with Gasteiger partial charge in [0, 0.05) is 30.8 Å². The van der Waals surface area contributed by atoms with Gasteiger partial charge in [0.05, 0.1) is 0 Å². The summed E-state index contributed by atoms with van der Waals surface area (Å²) in [6, 6.07) is 11.5. The SMILES string of the molecule is CC(N)C1CCCN(C(=O)c2cc(-c3ccccc3)on2)C1.Cl. The highest BCUT2D eigenvalue weighted by molar-refractivity contribution is 5.93. The predicted octanol–water partition coefficient (Wildman–Crippen LogP) is 2.96. The molecule has 1 aromatic carbocycles. The Bertz CT molecular complexity index is 642. The van der Waals surface area contributed by atoms with Gasteiger partial charge in [0.25, 0.3) is 5.91 Å². The number of nitrogens with zero attached hydrogens (tertiary/aromatic N) is 2. The summed E-state index contributed by atoms with van der Waals surface area (Å²) in [6.45, 7) is 3.46. The Morgan fingerprint density at radius 2 is 2.13 bits per heavy atom. The number of amides is 1. The molecule has 1 amide bonds. The molecule has 6 heteroatoms. The van der Waals surface area contributed by atoms with E-state index in [0.717, 1.165) is 24.9 Å². The molecule has 0 bridgehead atoms. The molecule has 1 saturated heterocycles. The van der Waals surface area contributed by atoms with E-state index in [-0.39, 0.29) is 24.4 Å². The summed E-state index contributed by atoms with van der Waals surface area (Å²) in [5, 5.41) is 3.94. The summed E-state index contributed by atoms with van der Waals surface area (Å²) in [7, 11) is 0. The van der Waals surface area contributed by atoms with Crippen molar-refractivity contribution >= 4 is 18.3 Å². The molecule has 0 saturated carbocycles. The van der Waals surface area contributed by atoms with E-state index in [0.29, 0.717) is 23.9 Å². The smallest absolute Gasteiger partial charge is 0.276 e. The highest BCUT2D eigenvalue weighted by Crippen LogP contribution is 2.23. The van der Waals surface area contributed by atoms with Crippen molar-refractivity contribution < 1.29 is 9.32 Å². The molecule has 0 radical (unpaired) electrons. The van der Waals surface area contributed by atoms with E-state index in [2.05, 4.69) is 5.16 Å². The van der Waals surface area contributed by atoms with Gasteiger partial charge in [0.1, 0.15) is 0 Å². The molecule has 0 spiro atoms. The second kappa shape index (κ2) is 7.62. The third-order valence-electron chi connectivity index (χ3n) is 4.28. The lowest BCUT2D eigenvalue weighted by atomic mass is 9.92. The van der Waals surface area contributed by atoms with E-state index in [4.69, 9.17) is 10.3 Å². The quantitative estimate of drug-likeness (QED) is 0.936. The van der Waals surface area contributed by atoms with Gasteiger partial charge >= 0.3 is 0 Å². The lowest BCUT2D eigenvalue weighted by Crippen LogP contribution is -2.45. The molecular formula is C17H22ClN3O2. The summed E-state index contributed by atoms with van der Waals surface area (Å²) in [4.78, 5) is 14.4. The normalized spacial score (nSPS) is 19.0. The highest BCUT2D eigenvalue weighted by Gasteiger charge is 2.28. The molecule has 1 aliphatic rings. The molecule has 0 aliphatic carbocycles. The van der Waals surface area contributed by atoms with Crippen LogP contribution in [0.25, 0.3) is 11.3 Å². The number of hydrogen-bond donors (Lipinski definition) is 1. The standard InChI is InChI=1S/C17H21N3O2.ClH/c1-12(18)14-8-5-9-20(11-14)17(21)15-10-16(22-19-15)13-6-3-2-4-7-13;/h2-4,6-7,10,12,14H,5,8-9,11,18H2,1H3;1H. The number of piperidine rings is 1. The molecule has 124 valence electrons. The number of likely N-dealkylation sites (tertiary alicyclic amines) is 1. The number of halogens is 1. The van der Waals surface area contributed by atoms with Gasteiger partial charge in [-0.1, -0.05) is 35.5 Å². The number of carbonyl (C=O) groups excluding carboxylic acids is 1. The van der Waals surface area contributed by atoms with Gasteiger partial charge in [-0.2, -0.15) is 0 Å². The maximum Gasteiger partial charge on any atom is 0.276 e. The van der Waals surface area contributed by atoms with Gasteiger partial charge < -0.3 is 15.2 Å². The minimum absolute atomic E-state index is 0. The van der Waals surface area contributed by atoms with E-state index in [1.165, 1.54) is 0 Å². The lowest BCUT2D eigenvalue weighted by molar-refractivity contribution is 0.0650. The summed E-state index contributed by atoms with van der Waals surface area (Å²) in [5.74, 6) is 0.902. The Hall–Kier alpha value is -1.85. The van der Waals surface area contributed by atoms with Crippen molar-refractivity contribution in [2.45, 2.75) is 25.8 Å². The Labute approximate surface area is 142 Å². The lowest BCUT2D eigenvalue weighted by Gasteiger charge is -2.34. The number of aromatic nitrogens is 1. The average molecular weight is 336 g/mol. The molecular weight excluding hydrogens is 314 g/mol. The topological polar surface area (TPSA) is 72.4 Å². The molecule has 23 heavy (non-hydrogen) atoms. The zero-order valence-corrected chi connectivity index (χ0v) is 14.0. The van der Waals surface area contributed by atoms with Crippen LogP contribution in [-0.2, 0) is 0 Å². The Kier molecular flexibility index (Phi) is 5.80. The maximum atomic E-state index is 12.6. The number of nitrogens with two attached hydrogens (primary N) is 1. The van der Waals surface area contributed by atoms with Crippen LogP contribution in [0.2, 0.25) is 0 Å². The fraction of sp³-hybridized carbons (Fsp3) is 0.412. The van der Waals surface area contributed by atoms with Gasteiger partial charge in [-0.05, 0) is 25.7 Å². The summed E-state index contributed by atoms with van der Waals surface area (Å²) in [5.41, 5.74) is 7.26. The van der Waals surface area contributed by atoms with Crippen molar-refractivity contribution in [3.8, 4) is 11.3 Å². The summed E-state index contributed by atoms with van der Waals surface area (Å²) >= 11 is 0. The largest absolute Gasteiger partial charge is 0.355 e. The van der Waals surface area contributed by atoms with E-state index in [1.54, 1.807) is 6.07 Å². The van der Waals surface area contributed by atoms with Crippen LogP contribution in [0.15, 0.2) is 40.9 Å². The van der Waals surface area contributed by atoms with Crippen LogP contribution in [0.1, 0.15) is 30.3 Å². The van der Waals surface area contributed by atoms with E-state index in [1.807, 2.05) is 42.2 Å². The Morgan fingerprint density at radius 3 is 2.83 bits per heavy atom. The molecule has 1 aliphatic heterocycles. The van der Waals surface area contributed by atoms with Crippen molar-refractivity contribution in [2.75, 3.05) is 13.1 Å². The second-order valence-corrected chi connectivity index (χ2v) is 5.96. The predicted molar refractivity (Wildman–Crippen MR) is 91.5 cm³/mol. The van der Waals surface area contributed by atoms with Crippen molar-refractivity contribution in [1.82, 2.24) is 10.1 Å². The van der Waals surface area contributed by atoms with Crippen LogP contribution in [0, 0.1) is 5.92 Å². The molecule has 1 aromatic heterocycles. The van der Waals surface area contributed by atoms with Crippen molar-refractivity contribution in [2.24, 2.45) is 11.7 Å². The van der Waals surface area contributed by atoms with Crippen LogP contribution in [0.5, 0.6) is 0 Å². The van der Waals surface area contributed by atoms with Gasteiger partial charge in [-0.25, -0.2) is 0 Å². The van der Waals surface area contributed by atoms with E-state index >= 15 is 0 Å². The van der Waals surface area contributed by atoms with Gasteiger partial charge in [0.2, 0.25) is 0 Å². The van der Waals surface area contributed by atoms with E-state index < -0.39 is 0 Å². The fourth-order valence-corrected chi connectivity index (χ4v) is 2.90. The molecule has 3 rings (SSSR count).